The zero-order chi connectivity index (χ0) is 18.4. The van der Waals surface area contributed by atoms with Gasteiger partial charge in [-0.2, -0.15) is 13.2 Å². The summed E-state index contributed by atoms with van der Waals surface area (Å²) in [6.07, 6.45) is -3.95. The smallest absolute Gasteiger partial charge is 0.378 e. The molecule has 2 aromatic rings. The SMILES string of the molecule is CC1(C)CC(c2ccccc2[N+](=O)[O-])Nc2ccc(C(F)(F)F)cc21. The second-order valence-electron chi connectivity index (χ2n) is 6.86. The molecule has 4 nitrogen and oxygen atoms in total. The molecule has 0 spiro atoms. The Hall–Kier alpha value is -2.57. The molecule has 7 heteroatoms. The Kier molecular flexibility index (Phi) is 3.97. The number of para-hydroxylation sites is 1. The van der Waals surface area contributed by atoms with Gasteiger partial charge in [-0.1, -0.05) is 32.0 Å². The van der Waals surface area contributed by atoms with Crippen LogP contribution in [-0.2, 0) is 11.6 Å². The molecule has 1 unspecified atom stereocenters. The standard InChI is InChI=1S/C18H17F3N2O2/c1-17(2)10-15(12-5-3-4-6-16(12)23(24)25)22-14-8-7-11(9-13(14)17)18(19,20)21/h3-9,15,22H,10H2,1-2H3. The number of nitro groups is 1. The fourth-order valence-corrected chi connectivity index (χ4v) is 3.40. The molecule has 3 rings (SSSR count). The molecule has 25 heavy (non-hydrogen) atoms. The normalized spacial score (nSPS) is 19.0. The summed E-state index contributed by atoms with van der Waals surface area (Å²) in [6, 6.07) is 9.69. The van der Waals surface area contributed by atoms with Gasteiger partial charge in [-0.25, -0.2) is 0 Å². The first-order chi connectivity index (χ1) is 11.6. The molecule has 1 aliphatic rings. The van der Waals surface area contributed by atoms with E-state index < -0.39 is 22.1 Å². The van der Waals surface area contributed by atoms with Crippen molar-refractivity contribution in [2.45, 2.75) is 37.9 Å². The highest BCUT2D eigenvalue weighted by molar-refractivity contribution is 5.61. The Morgan fingerprint density at radius 2 is 1.88 bits per heavy atom. The van der Waals surface area contributed by atoms with Crippen LogP contribution in [0, 0.1) is 10.1 Å². The predicted molar refractivity (Wildman–Crippen MR) is 88.5 cm³/mol. The largest absolute Gasteiger partial charge is 0.416 e. The van der Waals surface area contributed by atoms with Crippen molar-refractivity contribution in [3.05, 3.63) is 69.3 Å². The summed E-state index contributed by atoms with van der Waals surface area (Å²) in [7, 11) is 0. The Bertz CT molecular complexity index is 831. The van der Waals surface area contributed by atoms with Crippen molar-refractivity contribution in [3.63, 3.8) is 0 Å². The molecule has 0 aliphatic carbocycles. The van der Waals surface area contributed by atoms with Crippen LogP contribution in [0.25, 0.3) is 0 Å². The molecule has 0 amide bonds. The van der Waals surface area contributed by atoms with E-state index in [-0.39, 0.29) is 11.7 Å². The first kappa shape index (κ1) is 17.3. The lowest BCUT2D eigenvalue weighted by molar-refractivity contribution is -0.385. The van der Waals surface area contributed by atoms with Crippen molar-refractivity contribution >= 4 is 11.4 Å². The molecule has 1 heterocycles. The summed E-state index contributed by atoms with van der Waals surface area (Å²) in [5, 5.41) is 14.5. The highest BCUT2D eigenvalue weighted by atomic mass is 19.4. The molecule has 132 valence electrons. The fraction of sp³-hybridized carbons (Fsp3) is 0.333. The summed E-state index contributed by atoms with van der Waals surface area (Å²) in [5.74, 6) is 0. The number of rotatable bonds is 2. The van der Waals surface area contributed by atoms with Crippen LogP contribution in [0.1, 0.15) is 43.0 Å². The molecular weight excluding hydrogens is 333 g/mol. The van der Waals surface area contributed by atoms with Gasteiger partial charge in [0.15, 0.2) is 0 Å². The van der Waals surface area contributed by atoms with Gasteiger partial charge in [-0.15, -0.1) is 0 Å². The van der Waals surface area contributed by atoms with E-state index in [0.717, 1.165) is 12.1 Å². The number of nitrogens with one attached hydrogen (secondary N) is 1. The van der Waals surface area contributed by atoms with Gasteiger partial charge in [0.05, 0.1) is 22.1 Å². The summed E-state index contributed by atoms with van der Waals surface area (Å²) in [6.45, 7) is 3.71. The van der Waals surface area contributed by atoms with Crippen molar-refractivity contribution in [1.29, 1.82) is 0 Å². The molecule has 0 aromatic heterocycles. The van der Waals surface area contributed by atoms with Crippen molar-refractivity contribution in [2.75, 3.05) is 5.32 Å². The first-order valence-electron chi connectivity index (χ1n) is 7.81. The molecule has 1 N–H and O–H groups in total. The third kappa shape index (κ3) is 3.18. The highest BCUT2D eigenvalue weighted by Crippen LogP contribution is 2.47. The number of nitrogens with zero attached hydrogens (tertiary/aromatic N) is 1. The Balaban J connectivity index is 2.05. The molecule has 0 bridgehead atoms. The Morgan fingerprint density at radius 3 is 2.52 bits per heavy atom. The monoisotopic (exact) mass is 350 g/mol. The van der Waals surface area contributed by atoms with Gasteiger partial charge in [0.2, 0.25) is 0 Å². The van der Waals surface area contributed by atoms with Crippen molar-refractivity contribution < 1.29 is 18.1 Å². The summed E-state index contributed by atoms with van der Waals surface area (Å²) in [5.41, 5.74) is 0.433. The maximum atomic E-state index is 13.0. The van der Waals surface area contributed by atoms with Gasteiger partial charge in [0, 0.05) is 11.8 Å². The number of halogens is 3. The maximum Gasteiger partial charge on any atom is 0.416 e. The van der Waals surface area contributed by atoms with E-state index in [0.29, 0.717) is 23.2 Å². The van der Waals surface area contributed by atoms with E-state index in [1.807, 2.05) is 13.8 Å². The number of hydrogen-bond acceptors (Lipinski definition) is 3. The van der Waals surface area contributed by atoms with Crippen LogP contribution in [0.4, 0.5) is 24.5 Å². The van der Waals surface area contributed by atoms with Crippen LogP contribution in [0.2, 0.25) is 0 Å². The van der Waals surface area contributed by atoms with Crippen molar-refractivity contribution in [3.8, 4) is 0 Å². The van der Waals surface area contributed by atoms with Crippen molar-refractivity contribution in [1.82, 2.24) is 0 Å². The number of fused-ring (bicyclic) bond motifs is 1. The zero-order valence-electron chi connectivity index (χ0n) is 13.7. The predicted octanol–water partition coefficient (Wildman–Crippen LogP) is 5.45. The quantitative estimate of drug-likeness (QED) is 0.579. The molecule has 1 aliphatic heterocycles. The van der Waals surface area contributed by atoms with Gasteiger partial charge in [-0.05, 0) is 35.6 Å². The second-order valence-corrected chi connectivity index (χ2v) is 6.86. The lowest BCUT2D eigenvalue weighted by Gasteiger charge is -2.39. The fourth-order valence-electron chi connectivity index (χ4n) is 3.40. The minimum Gasteiger partial charge on any atom is -0.378 e. The van der Waals surface area contributed by atoms with Gasteiger partial charge < -0.3 is 5.32 Å². The van der Waals surface area contributed by atoms with Crippen LogP contribution in [-0.4, -0.2) is 4.92 Å². The van der Waals surface area contributed by atoms with Crippen LogP contribution in [0.5, 0.6) is 0 Å². The summed E-state index contributed by atoms with van der Waals surface area (Å²) < 4.78 is 39.0. The highest BCUT2D eigenvalue weighted by Gasteiger charge is 2.38. The average molecular weight is 350 g/mol. The molecule has 0 saturated carbocycles. The maximum absolute atomic E-state index is 13.0. The molecule has 0 saturated heterocycles. The van der Waals surface area contributed by atoms with E-state index >= 15 is 0 Å². The van der Waals surface area contributed by atoms with E-state index in [4.69, 9.17) is 0 Å². The van der Waals surface area contributed by atoms with Gasteiger partial charge >= 0.3 is 6.18 Å². The topological polar surface area (TPSA) is 55.2 Å². The number of nitro benzene ring substituents is 1. The molecule has 2 aromatic carbocycles. The lowest BCUT2D eigenvalue weighted by Crippen LogP contribution is -2.32. The van der Waals surface area contributed by atoms with E-state index in [1.165, 1.54) is 12.1 Å². The Morgan fingerprint density at radius 1 is 1.20 bits per heavy atom. The van der Waals surface area contributed by atoms with Crippen LogP contribution >= 0.6 is 0 Å². The van der Waals surface area contributed by atoms with Crippen LogP contribution < -0.4 is 5.32 Å². The zero-order valence-corrected chi connectivity index (χ0v) is 13.7. The minimum absolute atomic E-state index is 0.00571. The lowest BCUT2D eigenvalue weighted by atomic mass is 9.73. The van der Waals surface area contributed by atoms with E-state index in [9.17, 15) is 23.3 Å². The summed E-state index contributed by atoms with van der Waals surface area (Å²) in [4.78, 5) is 10.8. The Labute approximate surface area is 142 Å². The number of benzene rings is 2. The molecular formula is C18H17F3N2O2. The number of alkyl halides is 3. The minimum atomic E-state index is -4.40. The number of anilines is 1. The molecule has 0 fully saturated rings. The summed E-state index contributed by atoms with van der Waals surface area (Å²) >= 11 is 0. The molecule has 0 radical (unpaired) electrons. The third-order valence-corrected chi connectivity index (χ3v) is 4.63. The second kappa shape index (κ2) is 5.75. The average Bonchev–Trinajstić information content (AvgIpc) is 2.53. The van der Waals surface area contributed by atoms with Crippen molar-refractivity contribution in [2.24, 2.45) is 0 Å². The van der Waals surface area contributed by atoms with Gasteiger partial charge in [0.25, 0.3) is 5.69 Å². The van der Waals surface area contributed by atoms with Gasteiger partial charge in [0.1, 0.15) is 0 Å². The van der Waals surface area contributed by atoms with Crippen LogP contribution in [0.15, 0.2) is 42.5 Å². The van der Waals surface area contributed by atoms with Crippen LogP contribution in [0.3, 0.4) is 0 Å². The first-order valence-corrected chi connectivity index (χ1v) is 7.81. The molecule has 1 atom stereocenters. The van der Waals surface area contributed by atoms with E-state index in [1.54, 1.807) is 18.2 Å². The number of hydrogen-bond donors (Lipinski definition) is 1. The third-order valence-electron chi connectivity index (χ3n) is 4.63. The van der Waals surface area contributed by atoms with Gasteiger partial charge in [-0.3, -0.25) is 10.1 Å². The van der Waals surface area contributed by atoms with E-state index in [2.05, 4.69) is 5.32 Å².